The van der Waals surface area contributed by atoms with Crippen LogP contribution in [0.5, 0.6) is 0 Å². The average molecular weight is 359 g/mol. The lowest BCUT2D eigenvalue weighted by atomic mass is 9.69. The minimum absolute atomic E-state index is 0.249. The minimum Gasteiger partial charge on any atom is -0.465 e. The van der Waals surface area contributed by atoms with Crippen LogP contribution >= 0.6 is 0 Å². The van der Waals surface area contributed by atoms with Crippen LogP contribution in [-0.2, 0) is 19.0 Å². The monoisotopic (exact) mass is 358 g/mol. The third-order valence-corrected chi connectivity index (χ3v) is 4.23. The van der Waals surface area contributed by atoms with Crippen LogP contribution in [0.15, 0.2) is 0 Å². The van der Waals surface area contributed by atoms with Crippen molar-refractivity contribution in [3.8, 4) is 0 Å². The normalized spacial score (nSPS) is 14.9. The molecule has 0 amide bonds. The van der Waals surface area contributed by atoms with E-state index in [1.165, 1.54) is 0 Å². The predicted molar refractivity (Wildman–Crippen MR) is 99.4 cm³/mol. The molecule has 0 aromatic heterocycles. The number of ether oxygens (including phenoxy) is 3. The fraction of sp³-hybridized carbons (Fsp3) is 0.900. The van der Waals surface area contributed by atoms with Crippen LogP contribution in [-0.4, -0.2) is 31.4 Å². The molecule has 148 valence electrons. The number of hydrogen-bond donors (Lipinski definition) is 0. The van der Waals surface area contributed by atoms with Crippen LogP contribution in [0.2, 0.25) is 0 Å². The van der Waals surface area contributed by atoms with Crippen LogP contribution < -0.4 is 0 Å². The first-order valence-corrected chi connectivity index (χ1v) is 9.73. The Kier molecular flexibility index (Phi) is 11.5. The van der Waals surface area contributed by atoms with Crippen molar-refractivity contribution in [2.45, 2.75) is 86.7 Å². The van der Waals surface area contributed by atoms with Gasteiger partial charge in [-0.05, 0) is 44.9 Å². The van der Waals surface area contributed by atoms with Crippen molar-refractivity contribution in [1.29, 1.82) is 0 Å². The molecule has 2 atom stereocenters. The minimum atomic E-state index is -0.822. The molecule has 0 bridgehead atoms. The second kappa shape index (κ2) is 12.2. The lowest BCUT2D eigenvalue weighted by Gasteiger charge is -2.39. The first-order chi connectivity index (χ1) is 11.7. The molecule has 0 spiro atoms. The number of carbonyl (C=O) groups excluding carboxylic acids is 2. The second-order valence-electron chi connectivity index (χ2n) is 7.50. The fourth-order valence-corrected chi connectivity index (χ4v) is 3.29. The van der Waals surface area contributed by atoms with Gasteiger partial charge in [-0.15, -0.1) is 0 Å². The van der Waals surface area contributed by atoms with Crippen molar-refractivity contribution in [2.75, 3.05) is 13.2 Å². The highest BCUT2D eigenvalue weighted by Gasteiger charge is 2.49. The molecule has 0 fully saturated rings. The Hall–Kier alpha value is -1.26. The maximum absolute atomic E-state index is 13.0. The standard InChI is InChI=1S/C20H38O5/c1-8-11-12-20(14-16(6)7,18(21)23-9-2)17(13-15(4)5)25-19(22)24-10-3/h15-17H,8-14H2,1-7H3. The Morgan fingerprint density at radius 3 is 1.96 bits per heavy atom. The largest absolute Gasteiger partial charge is 0.508 e. The Morgan fingerprint density at radius 2 is 1.52 bits per heavy atom. The Labute approximate surface area is 153 Å². The molecule has 0 saturated carbocycles. The van der Waals surface area contributed by atoms with Crippen molar-refractivity contribution < 1.29 is 23.8 Å². The summed E-state index contributed by atoms with van der Waals surface area (Å²) >= 11 is 0. The van der Waals surface area contributed by atoms with Crippen molar-refractivity contribution in [1.82, 2.24) is 0 Å². The maximum atomic E-state index is 13.0. The van der Waals surface area contributed by atoms with E-state index in [9.17, 15) is 9.59 Å². The van der Waals surface area contributed by atoms with E-state index in [1.54, 1.807) is 6.92 Å². The van der Waals surface area contributed by atoms with Crippen LogP contribution in [0.4, 0.5) is 4.79 Å². The lowest BCUT2D eigenvalue weighted by Crippen LogP contribution is -2.47. The van der Waals surface area contributed by atoms with Crippen molar-refractivity contribution in [2.24, 2.45) is 17.3 Å². The van der Waals surface area contributed by atoms with Crippen LogP contribution in [0.1, 0.15) is 80.6 Å². The van der Waals surface area contributed by atoms with Gasteiger partial charge in [-0.2, -0.15) is 0 Å². The van der Waals surface area contributed by atoms with Crippen molar-refractivity contribution in [3.63, 3.8) is 0 Å². The highest BCUT2D eigenvalue weighted by molar-refractivity contribution is 5.78. The zero-order valence-corrected chi connectivity index (χ0v) is 17.2. The molecule has 2 unspecified atom stereocenters. The van der Waals surface area contributed by atoms with E-state index in [4.69, 9.17) is 14.2 Å². The topological polar surface area (TPSA) is 61.8 Å². The number of unbranched alkanes of at least 4 members (excludes halogenated alkanes) is 1. The number of carbonyl (C=O) groups is 2. The third-order valence-electron chi connectivity index (χ3n) is 4.23. The van der Waals surface area contributed by atoms with Crippen LogP contribution in [0.25, 0.3) is 0 Å². The van der Waals surface area contributed by atoms with E-state index in [0.29, 0.717) is 25.9 Å². The Balaban J connectivity index is 5.87. The molecule has 0 heterocycles. The Morgan fingerprint density at radius 1 is 0.920 bits per heavy atom. The molecule has 0 aliphatic heterocycles. The summed E-state index contributed by atoms with van der Waals surface area (Å²) in [6.07, 6.45) is 2.48. The maximum Gasteiger partial charge on any atom is 0.508 e. The molecule has 0 aliphatic rings. The van der Waals surface area contributed by atoms with Gasteiger partial charge in [0.15, 0.2) is 0 Å². The Bertz CT molecular complexity index is 392. The number of hydrogen-bond acceptors (Lipinski definition) is 5. The van der Waals surface area contributed by atoms with Gasteiger partial charge in [-0.25, -0.2) is 4.79 Å². The SMILES string of the molecule is CCCCC(CC(C)C)(C(=O)OCC)C(CC(C)C)OC(=O)OCC. The number of rotatable bonds is 12. The van der Waals surface area contributed by atoms with Gasteiger partial charge in [-0.3, -0.25) is 4.79 Å². The molecule has 0 aromatic carbocycles. The van der Waals surface area contributed by atoms with E-state index in [2.05, 4.69) is 34.6 Å². The zero-order valence-electron chi connectivity index (χ0n) is 17.2. The van der Waals surface area contributed by atoms with Gasteiger partial charge in [0.25, 0.3) is 0 Å². The molecule has 0 saturated heterocycles. The quantitative estimate of drug-likeness (QED) is 0.439. The van der Waals surface area contributed by atoms with Crippen LogP contribution in [0.3, 0.4) is 0 Å². The van der Waals surface area contributed by atoms with Gasteiger partial charge >= 0.3 is 12.1 Å². The summed E-state index contributed by atoms with van der Waals surface area (Å²) in [6.45, 7) is 14.5. The lowest BCUT2D eigenvalue weighted by molar-refractivity contribution is -0.168. The van der Waals surface area contributed by atoms with Crippen molar-refractivity contribution >= 4 is 12.1 Å². The third kappa shape index (κ3) is 8.10. The molecule has 5 heteroatoms. The summed E-state index contributed by atoms with van der Waals surface area (Å²) in [5.41, 5.74) is -0.822. The molecule has 5 nitrogen and oxygen atoms in total. The highest BCUT2D eigenvalue weighted by Crippen LogP contribution is 2.42. The van der Waals surface area contributed by atoms with Gasteiger partial charge in [0.2, 0.25) is 0 Å². The molecule has 0 aromatic rings. The summed E-state index contributed by atoms with van der Waals surface area (Å²) in [5, 5.41) is 0. The zero-order chi connectivity index (χ0) is 19.5. The second-order valence-corrected chi connectivity index (χ2v) is 7.50. The number of esters is 1. The van der Waals surface area contributed by atoms with E-state index in [-0.39, 0.29) is 24.4 Å². The van der Waals surface area contributed by atoms with Crippen molar-refractivity contribution in [3.05, 3.63) is 0 Å². The molecular formula is C20H38O5. The molecule has 0 radical (unpaired) electrons. The fourth-order valence-electron chi connectivity index (χ4n) is 3.29. The molecule has 25 heavy (non-hydrogen) atoms. The predicted octanol–water partition coefficient (Wildman–Crippen LogP) is 5.36. The summed E-state index contributed by atoms with van der Waals surface area (Å²) in [4.78, 5) is 25.0. The van der Waals surface area contributed by atoms with E-state index in [0.717, 1.165) is 12.8 Å². The van der Waals surface area contributed by atoms with Gasteiger partial charge in [-0.1, -0.05) is 47.5 Å². The van der Waals surface area contributed by atoms with Gasteiger partial charge in [0.05, 0.1) is 13.2 Å². The summed E-state index contributed by atoms with van der Waals surface area (Å²) in [6, 6.07) is 0. The van der Waals surface area contributed by atoms with Gasteiger partial charge in [0.1, 0.15) is 11.5 Å². The first-order valence-electron chi connectivity index (χ1n) is 9.73. The van der Waals surface area contributed by atoms with E-state index < -0.39 is 17.7 Å². The summed E-state index contributed by atoms with van der Waals surface area (Å²) < 4.78 is 16.1. The first kappa shape index (κ1) is 23.7. The highest BCUT2D eigenvalue weighted by atomic mass is 16.7. The molecule has 0 N–H and O–H groups in total. The van der Waals surface area contributed by atoms with Gasteiger partial charge in [0, 0.05) is 0 Å². The molecular weight excluding hydrogens is 320 g/mol. The van der Waals surface area contributed by atoms with Crippen LogP contribution in [0, 0.1) is 17.3 Å². The van der Waals surface area contributed by atoms with E-state index >= 15 is 0 Å². The average Bonchev–Trinajstić information content (AvgIpc) is 2.50. The molecule has 0 rings (SSSR count). The van der Waals surface area contributed by atoms with E-state index in [1.807, 2.05) is 6.92 Å². The van der Waals surface area contributed by atoms with Gasteiger partial charge < -0.3 is 14.2 Å². The molecule has 0 aliphatic carbocycles. The summed E-state index contributed by atoms with van der Waals surface area (Å²) in [7, 11) is 0. The smallest absolute Gasteiger partial charge is 0.465 e. The summed E-state index contributed by atoms with van der Waals surface area (Å²) in [5.74, 6) is 0.302.